The van der Waals surface area contributed by atoms with Gasteiger partial charge >= 0.3 is 339 Å². The van der Waals surface area contributed by atoms with Crippen LogP contribution in [-0.4, -0.2) is 6.88 Å². The molecule has 0 N–H and O–H groups in total. The summed E-state index contributed by atoms with van der Waals surface area (Å²) in [6.07, 6.45) is -4.50. The van der Waals surface area contributed by atoms with E-state index in [1.165, 1.54) is 0 Å². The van der Waals surface area contributed by atoms with Gasteiger partial charge in [0.15, 0.2) is 0 Å². The average molecular weight is 959 g/mol. The Morgan fingerprint density at radius 3 is 1.13 bits per heavy atom. The summed E-state index contributed by atoms with van der Waals surface area (Å²) in [7, 11) is 0. The number of benzene rings is 4. The number of halogens is 8. The van der Waals surface area contributed by atoms with Crippen molar-refractivity contribution in [3.05, 3.63) is 164 Å². The number of allylic oxidation sites excluding steroid dienone is 2. The van der Waals surface area contributed by atoms with Crippen molar-refractivity contribution in [1.29, 1.82) is 0 Å². The van der Waals surface area contributed by atoms with Crippen molar-refractivity contribution in [2.75, 3.05) is 0 Å². The largest absolute Gasteiger partial charge is 0.147 e. The van der Waals surface area contributed by atoms with Gasteiger partial charge in [0.1, 0.15) is 0 Å². The van der Waals surface area contributed by atoms with Gasteiger partial charge in [-0.3, -0.25) is 0 Å². The molecular formula is C48H46Cl2F6O2SiZr. The minimum absolute atomic E-state index is 0. The van der Waals surface area contributed by atoms with Crippen molar-refractivity contribution in [3.8, 4) is 22.3 Å². The van der Waals surface area contributed by atoms with Crippen molar-refractivity contribution in [2.45, 2.75) is 70.4 Å². The van der Waals surface area contributed by atoms with Gasteiger partial charge < -0.3 is 0 Å². The van der Waals surface area contributed by atoms with Gasteiger partial charge in [-0.15, -0.1) is 24.8 Å². The van der Waals surface area contributed by atoms with Gasteiger partial charge in [0.05, 0.1) is 0 Å². The van der Waals surface area contributed by atoms with Crippen LogP contribution in [0.5, 0.6) is 0 Å². The van der Waals surface area contributed by atoms with Gasteiger partial charge in [-0.05, 0) is 0 Å². The molecule has 2 aromatic heterocycles. The van der Waals surface area contributed by atoms with Crippen molar-refractivity contribution in [1.82, 2.24) is 0 Å². The summed E-state index contributed by atoms with van der Waals surface area (Å²) in [4.78, 5) is 0. The predicted octanol–water partition coefficient (Wildman–Crippen LogP) is 15.2. The van der Waals surface area contributed by atoms with Crippen LogP contribution in [-0.2, 0) is 29.8 Å². The molecule has 0 saturated heterocycles. The third-order valence-electron chi connectivity index (χ3n) is 12.6. The number of aryl methyl sites for hydroxylation is 4. The molecule has 2 atom stereocenters. The van der Waals surface area contributed by atoms with E-state index >= 15 is 0 Å². The van der Waals surface area contributed by atoms with Crippen LogP contribution in [0.3, 0.4) is 0 Å². The van der Waals surface area contributed by atoms with E-state index in [0.29, 0.717) is 11.1 Å². The Kier molecular flexibility index (Phi) is 11.8. The SMILES string of the molecule is Cc1ccc(C2=Cc3c(cc(C)c(C)c3-c3ccc(C(F)(F)F)cc3)[CH]2[Zr]([CH3])([CH3])(=[SiH2])[CH]2C(c3ccc(C)o3)=Cc3c2cc(C)c(C)c3-c2ccc(C(F)(F)F)cc2)o1.Cl.Cl. The van der Waals surface area contributed by atoms with E-state index in [4.69, 9.17) is 8.83 Å². The first kappa shape index (κ1) is 45.7. The maximum Gasteiger partial charge on any atom is -0.147 e. The van der Waals surface area contributed by atoms with Crippen LogP contribution in [0.25, 0.3) is 45.6 Å². The fourth-order valence-corrected chi connectivity index (χ4v) is 28.1. The molecular weight excluding hydrogens is 913 g/mol. The van der Waals surface area contributed by atoms with Crippen LogP contribution in [0.15, 0.2) is 93.8 Å². The molecule has 0 amide bonds. The quantitative estimate of drug-likeness (QED) is 0.123. The van der Waals surface area contributed by atoms with Crippen LogP contribution < -0.4 is 0 Å². The molecule has 0 saturated carbocycles. The van der Waals surface area contributed by atoms with Crippen LogP contribution in [0.1, 0.15) is 85.9 Å². The molecule has 2 aliphatic carbocycles. The molecule has 4 aromatic carbocycles. The number of hydrogen-bond donors (Lipinski definition) is 0. The third kappa shape index (κ3) is 7.58. The topological polar surface area (TPSA) is 26.3 Å². The van der Waals surface area contributed by atoms with Gasteiger partial charge in [0.25, 0.3) is 0 Å². The van der Waals surface area contributed by atoms with Gasteiger partial charge in [0.2, 0.25) is 0 Å². The normalized spacial score (nSPS) is 16.4. The summed E-state index contributed by atoms with van der Waals surface area (Å²) in [5.74, 6) is 3.05. The number of rotatable bonds is 6. The second-order valence-electron chi connectivity index (χ2n) is 17.4. The predicted molar refractivity (Wildman–Crippen MR) is 236 cm³/mol. The number of hydrogen-bond acceptors (Lipinski definition) is 2. The molecule has 12 heteroatoms. The van der Waals surface area contributed by atoms with Gasteiger partial charge in [-0.2, -0.15) is 0 Å². The van der Waals surface area contributed by atoms with E-state index in [2.05, 4.69) is 54.3 Å². The summed E-state index contributed by atoms with van der Waals surface area (Å²) in [6, 6.07) is 23.4. The van der Waals surface area contributed by atoms with E-state index in [0.717, 1.165) is 114 Å². The third-order valence-corrected chi connectivity index (χ3v) is 29.8. The second kappa shape index (κ2) is 15.5. The molecule has 2 aliphatic rings. The fourth-order valence-electron chi connectivity index (χ4n) is 9.74. The minimum atomic E-state index is -4.57. The van der Waals surface area contributed by atoms with Crippen LogP contribution in [0.2, 0.25) is 9.26 Å². The molecule has 0 radical (unpaired) electrons. The van der Waals surface area contributed by atoms with Crippen LogP contribution in [0, 0.1) is 41.5 Å². The molecule has 2 heterocycles. The number of alkyl halides is 6. The zero-order chi connectivity index (χ0) is 41.9. The molecule has 0 bridgehead atoms. The minimum Gasteiger partial charge on any atom is -0.147 e. The van der Waals surface area contributed by atoms with E-state index < -0.39 is 40.9 Å². The Morgan fingerprint density at radius 2 is 0.850 bits per heavy atom. The maximum absolute atomic E-state index is 13.7. The Bertz CT molecular complexity index is 2610. The van der Waals surface area contributed by atoms with Crippen LogP contribution >= 0.6 is 24.8 Å². The fraction of sp³-hybridized carbons (Fsp3) is 0.250. The summed E-state index contributed by atoms with van der Waals surface area (Å²) in [5, 5.41) is 0. The van der Waals surface area contributed by atoms with E-state index in [9.17, 15) is 26.3 Å². The Hall–Kier alpha value is -3.82. The zero-order valence-electron chi connectivity index (χ0n) is 34.5. The second-order valence-corrected chi connectivity index (χ2v) is 47.8. The Labute approximate surface area is 361 Å². The standard InChI is InChI=1S/2C23H18F3O.2CH3.2ClH.H2Si.Zr/c2*1-13-10-17-11-18(21-9-4-14(2)27-21)12-20(17)22(15(13)3)16-5-7-19(8-6-16)23(24,25)26;;;;;;/h2*4-12H,1-3H3;2*1H3;2*1H;1H2;. The summed E-state index contributed by atoms with van der Waals surface area (Å²) < 4.78 is 100.0. The molecule has 6 aromatic rings. The van der Waals surface area contributed by atoms with E-state index in [1.54, 1.807) is 24.3 Å². The first-order valence-electron chi connectivity index (χ1n) is 19.3. The monoisotopic (exact) mass is 956 g/mol. The summed E-state index contributed by atoms with van der Waals surface area (Å²) in [5.41, 5.74) is 12.2. The molecule has 8 rings (SSSR count). The molecule has 0 spiro atoms. The smallest absolute Gasteiger partial charge is 0.147 e. The van der Waals surface area contributed by atoms with Crippen LogP contribution in [0.4, 0.5) is 26.3 Å². The molecule has 2 unspecified atom stereocenters. The Morgan fingerprint density at radius 1 is 0.517 bits per heavy atom. The molecule has 314 valence electrons. The molecule has 0 aliphatic heterocycles. The van der Waals surface area contributed by atoms with Crippen molar-refractivity contribution < 1.29 is 52.6 Å². The Balaban J connectivity index is 0.00000302. The van der Waals surface area contributed by atoms with Crippen molar-refractivity contribution in [3.63, 3.8) is 0 Å². The maximum atomic E-state index is 13.7. The average Bonchev–Trinajstić information content (AvgIpc) is 3.94. The first-order chi connectivity index (χ1) is 27.0. The number of fused-ring (bicyclic) bond motifs is 2. The summed E-state index contributed by atoms with van der Waals surface area (Å²) >= 11 is -4.57. The molecule has 2 nitrogen and oxygen atoms in total. The van der Waals surface area contributed by atoms with E-state index in [1.807, 2.05) is 52.0 Å². The summed E-state index contributed by atoms with van der Waals surface area (Å²) in [6.45, 7) is 14.2. The van der Waals surface area contributed by atoms with Crippen molar-refractivity contribution in [2.24, 2.45) is 0 Å². The van der Waals surface area contributed by atoms with Crippen molar-refractivity contribution >= 4 is 55.0 Å². The first-order valence-corrected chi connectivity index (χ1v) is 33.0. The van der Waals surface area contributed by atoms with Gasteiger partial charge in [0, 0.05) is 0 Å². The molecule has 0 fully saturated rings. The van der Waals surface area contributed by atoms with Gasteiger partial charge in [-0.25, -0.2) is 0 Å². The van der Waals surface area contributed by atoms with Gasteiger partial charge in [-0.1, -0.05) is 0 Å². The molecule has 60 heavy (non-hydrogen) atoms. The van der Waals surface area contributed by atoms with E-state index in [-0.39, 0.29) is 32.1 Å². The number of furan rings is 2. The zero-order valence-corrected chi connectivity index (χ0v) is 40.0.